The Morgan fingerprint density at radius 3 is 2.71 bits per heavy atom. The lowest BCUT2D eigenvalue weighted by atomic mass is 9.79. The molecule has 0 atom stereocenters. The van der Waals surface area contributed by atoms with E-state index in [-0.39, 0.29) is 22.5 Å². The zero-order valence-electron chi connectivity index (χ0n) is 11.3. The maximum atomic E-state index is 13.1. The van der Waals surface area contributed by atoms with Crippen molar-refractivity contribution in [1.29, 1.82) is 0 Å². The highest BCUT2D eigenvalue weighted by Gasteiger charge is 2.42. The van der Waals surface area contributed by atoms with Gasteiger partial charge in [0, 0.05) is 19.8 Å². The zero-order valence-corrected chi connectivity index (χ0v) is 12.9. The Morgan fingerprint density at radius 1 is 1.48 bits per heavy atom. The van der Waals surface area contributed by atoms with Crippen LogP contribution in [0.5, 0.6) is 0 Å². The number of thiocarbonyl (C=S) groups is 1. The number of halogens is 2. The summed E-state index contributed by atoms with van der Waals surface area (Å²) in [5.41, 5.74) is 5.60. The van der Waals surface area contributed by atoms with Gasteiger partial charge in [0.05, 0.1) is 10.0 Å². The predicted octanol–water partition coefficient (Wildman–Crippen LogP) is 2.18. The summed E-state index contributed by atoms with van der Waals surface area (Å²) in [6, 6.07) is 4.31. The van der Waals surface area contributed by atoms with Gasteiger partial charge in [-0.2, -0.15) is 0 Å². The number of benzene rings is 1. The molecule has 3 N–H and O–H groups in total. The molecule has 0 unspecified atom stereocenters. The van der Waals surface area contributed by atoms with E-state index in [4.69, 9.17) is 34.3 Å². The Morgan fingerprint density at radius 2 is 2.14 bits per heavy atom. The number of rotatable bonds is 4. The molecule has 21 heavy (non-hydrogen) atoms. The molecule has 1 saturated heterocycles. The van der Waals surface area contributed by atoms with Gasteiger partial charge in [-0.1, -0.05) is 29.9 Å². The first-order valence-corrected chi connectivity index (χ1v) is 7.34. The van der Waals surface area contributed by atoms with E-state index < -0.39 is 11.2 Å². The van der Waals surface area contributed by atoms with Gasteiger partial charge in [-0.15, -0.1) is 0 Å². The molecule has 1 amide bonds. The van der Waals surface area contributed by atoms with Crippen molar-refractivity contribution < 1.29 is 13.9 Å². The first kappa shape index (κ1) is 16.1. The maximum absolute atomic E-state index is 13.1. The number of hydrogen-bond acceptors (Lipinski definition) is 3. The van der Waals surface area contributed by atoms with Crippen molar-refractivity contribution >= 4 is 34.7 Å². The average Bonchev–Trinajstić information content (AvgIpc) is 2.48. The third-order valence-electron chi connectivity index (χ3n) is 3.69. The number of nitrogens with two attached hydrogens (primary N) is 1. The molecule has 114 valence electrons. The van der Waals surface area contributed by atoms with Crippen molar-refractivity contribution in [3.8, 4) is 0 Å². The number of carbonyl (C=O) groups is 1. The van der Waals surface area contributed by atoms with E-state index in [9.17, 15) is 9.18 Å². The topological polar surface area (TPSA) is 64.4 Å². The van der Waals surface area contributed by atoms with Gasteiger partial charge in [0.2, 0.25) is 5.91 Å². The van der Waals surface area contributed by atoms with E-state index in [0.29, 0.717) is 31.6 Å². The first-order valence-electron chi connectivity index (χ1n) is 6.55. The minimum atomic E-state index is -0.864. The van der Waals surface area contributed by atoms with Crippen molar-refractivity contribution in [2.24, 2.45) is 11.1 Å². The minimum Gasteiger partial charge on any atom is -0.392 e. The first-order chi connectivity index (χ1) is 9.95. The normalized spacial score (nSPS) is 17.2. The Labute approximate surface area is 132 Å². The second-order valence-electron chi connectivity index (χ2n) is 4.99. The maximum Gasteiger partial charge on any atom is 0.233 e. The van der Waals surface area contributed by atoms with Crippen LogP contribution in [0, 0.1) is 11.2 Å². The average molecular weight is 331 g/mol. The van der Waals surface area contributed by atoms with Gasteiger partial charge < -0.3 is 15.8 Å². The largest absolute Gasteiger partial charge is 0.392 e. The van der Waals surface area contributed by atoms with E-state index in [1.807, 2.05) is 0 Å². The van der Waals surface area contributed by atoms with Crippen LogP contribution in [-0.2, 0) is 16.1 Å². The molecule has 1 aromatic rings. The fourth-order valence-electron chi connectivity index (χ4n) is 2.31. The number of amides is 1. The summed E-state index contributed by atoms with van der Waals surface area (Å²) in [7, 11) is 0. The van der Waals surface area contributed by atoms with Crippen molar-refractivity contribution in [1.82, 2.24) is 5.32 Å². The molecule has 0 spiro atoms. The van der Waals surface area contributed by atoms with Crippen molar-refractivity contribution in [3.05, 3.63) is 34.6 Å². The summed E-state index contributed by atoms with van der Waals surface area (Å²) in [4.78, 5) is 12.6. The molecule has 7 heteroatoms. The Balaban J connectivity index is 2.05. The number of ether oxygens (including phenoxy) is 1. The van der Waals surface area contributed by atoms with Gasteiger partial charge >= 0.3 is 0 Å². The van der Waals surface area contributed by atoms with E-state index in [1.165, 1.54) is 12.1 Å². The van der Waals surface area contributed by atoms with Crippen LogP contribution >= 0.6 is 23.8 Å². The van der Waals surface area contributed by atoms with Crippen LogP contribution in [0.25, 0.3) is 0 Å². The minimum absolute atomic E-state index is 0.0249. The fraction of sp³-hybridized carbons (Fsp3) is 0.429. The van der Waals surface area contributed by atoms with Gasteiger partial charge in [0.25, 0.3) is 0 Å². The lowest BCUT2D eigenvalue weighted by Gasteiger charge is -2.34. The second kappa shape index (κ2) is 6.68. The fourth-order valence-corrected chi connectivity index (χ4v) is 2.81. The molecule has 1 aliphatic heterocycles. The molecule has 1 aliphatic rings. The zero-order chi connectivity index (χ0) is 15.5. The van der Waals surface area contributed by atoms with Crippen molar-refractivity contribution in [3.63, 3.8) is 0 Å². The molecular formula is C14H16ClFN2O2S. The van der Waals surface area contributed by atoms with Crippen LogP contribution in [0.3, 0.4) is 0 Å². The van der Waals surface area contributed by atoms with Crippen LogP contribution in [0.15, 0.2) is 18.2 Å². The number of hydrogen-bond donors (Lipinski definition) is 2. The number of carbonyl (C=O) groups excluding carboxylic acids is 1. The second-order valence-corrected chi connectivity index (χ2v) is 5.84. The van der Waals surface area contributed by atoms with Crippen molar-refractivity contribution in [2.75, 3.05) is 13.2 Å². The Hall–Kier alpha value is -1.24. The van der Waals surface area contributed by atoms with Gasteiger partial charge in [-0.25, -0.2) is 4.39 Å². The molecular weight excluding hydrogens is 315 g/mol. The van der Waals surface area contributed by atoms with Gasteiger partial charge in [-0.05, 0) is 30.5 Å². The predicted molar refractivity (Wildman–Crippen MR) is 82.5 cm³/mol. The summed E-state index contributed by atoms with van der Waals surface area (Å²) < 4.78 is 18.4. The van der Waals surface area contributed by atoms with Crippen molar-refractivity contribution in [2.45, 2.75) is 19.4 Å². The summed E-state index contributed by atoms with van der Waals surface area (Å²) >= 11 is 10.8. The smallest absolute Gasteiger partial charge is 0.233 e. The summed E-state index contributed by atoms with van der Waals surface area (Å²) in [6.45, 7) is 1.14. The molecule has 2 rings (SSSR count). The molecule has 4 nitrogen and oxygen atoms in total. The third-order valence-corrected chi connectivity index (χ3v) is 4.37. The summed E-state index contributed by atoms with van der Waals surface area (Å²) in [6.07, 6.45) is 0.941. The molecule has 0 radical (unpaired) electrons. The number of nitrogens with one attached hydrogen (secondary N) is 1. The molecule has 1 aromatic carbocycles. The molecule has 0 aromatic heterocycles. The van der Waals surface area contributed by atoms with Crippen LogP contribution in [-0.4, -0.2) is 24.1 Å². The van der Waals surface area contributed by atoms with Gasteiger partial charge in [0.1, 0.15) is 11.2 Å². The van der Waals surface area contributed by atoms with Crippen LogP contribution in [0.2, 0.25) is 5.02 Å². The van der Waals surface area contributed by atoms with E-state index in [2.05, 4.69) is 5.32 Å². The summed E-state index contributed by atoms with van der Waals surface area (Å²) in [5, 5.41) is 2.82. The molecule has 0 bridgehead atoms. The van der Waals surface area contributed by atoms with Gasteiger partial charge in [0.15, 0.2) is 0 Å². The monoisotopic (exact) mass is 330 g/mol. The quantitative estimate of drug-likeness (QED) is 0.831. The lowest BCUT2D eigenvalue weighted by molar-refractivity contribution is -0.131. The van der Waals surface area contributed by atoms with Crippen LogP contribution in [0.4, 0.5) is 4.39 Å². The summed E-state index contributed by atoms with van der Waals surface area (Å²) in [5.74, 6) is -0.713. The highest BCUT2D eigenvalue weighted by atomic mass is 35.5. The SMILES string of the molecule is NC(=S)C1(C(=O)NCc2ccc(F)c(Cl)c2)CCOCC1. The van der Waals surface area contributed by atoms with Crippen LogP contribution < -0.4 is 11.1 Å². The molecule has 0 aliphatic carbocycles. The van der Waals surface area contributed by atoms with E-state index in [1.54, 1.807) is 6.07 Å². The van der Waals surface area contributed by atoms with E-state index >= 15 is 0 Å². The third kappa shape index (κ3) is 3.51. The van der Waals surface area contributed by atoms with E-state index in [0.717, 1.165) is 0 Å². The Bertz CT molecular complexity index is 562. The standard InChI is InChI=1S/C14H16ClFN2O2S/c15-10-7-9(1-2-11(10)16)8-18-13(19)14(12(17)21)3-5-20-6-4-14/h1-2,7H,3-6,8H2,(H2,17,21)(H,18,19). The van der Waals surface area contributed by atoms with Crippen LogP contribution in [0.1, 0.15) is 18.4 Å². The highest BCUT2D eigenvalue weighted by molar-refractivity contribution is 7.80. The lowest BCUT2D eigenvalue weighted by Crippen LogP contribution is -2.51. The molecule has 1 fully saturated rings. The molecule has 1 heterocycles. The Kier molecular flexibility index (Phi) is 5.13. The molecule has 0 saturated carbocycles. The highest BCUT2D eigenvalue weighted by Crippen LogP contribution is 2.31. The van der Waals surface area contributed by atoms with Gasteiger partial charge in [-0.3, -0.25) is 4.79 Å².